The van der Waals surface area contributed by atoms with Gasteiger partial charge < -0.3 is 4.74 Å². The Morgan fingerprint density at radius 3 is 1.73 bits per heavy atom. The summed E-state index contributed by atoms with van der Waals surface area (Å²) in [5.74, 6) is 0.395. The number of azo groups is 1. The van der Waals surface area contributed by atoms with Crippen molar-refractivity contribution in [1.29, 1.82) is 0 Å². The highest BCUT2D eigenvalue weighted by Crippen LogP contribution is 2.21. The molecule has 4 nitrogen and oxygen atoms in total. The fourth-order valence-corrected chi connectivity index (χ4v) is 3.31. The molecule has 0 unspecified atom stereocenters. The molecule has 0 spiro atoms. The number of rotatable bonds is 15. The molecule has 0 heterocycles. The van der Waals surface area contributed by atoms with E-state index in [0.717, 1.165) is 24.2 Å². The Bertz CT molecular complexity index is 726. The second-order valence-electron chi connectivity index (χ2n) is 7.79. The van der Waals surface area contributed by atoms with Gasteiger partial charge in [0.2, 0.25) is 0 Å². The summed E-state index contributed by atoms with van der Waals surface area (Å²) in [5.41, 5.74) is 1.53. The van der Waals surface area contributed by atoms with Crippen molar-refractivity contribution in [1.82, 2.24) is 0 Å². The average molecular weight is 409 g/mol. The molecule has 0 aliphatic heterocycles. The lowest BCUT2D eigenvalue weighted by Crippen LogP contribution is -2.07. The second-order valence-corrected chi connectivity index (χ2v) is 7.79. The van der Waals surface area contributed by atoms with Crippen molar-refractivity contribution in [3.63, 3.8) is 0 Å². The molecule has 0 N–H and O–H groups in total. The maximum Gasteiger partial charge on any atom is 0.311 e. The minimum atomic E-state index is -0.162. The van der Waals surface area contributed by atoms with E-state index in [0.29, 0.717) is 12.2 Å². The van der Waals surface area contributed by atoms with Gasteiger partial charge in [0.1, 0.15) is 5.75 Å². The topological polar surface area (TPSA) is 51.0 Å². The molecule has 30 heavy (non-hydrogen) atoms. The first-order chi connectivity index (χ1) is 14.8. The molecule has 0 aromatic heterocycles. The van der Waals surface area contributed by atoms with Gasteiger partial charge in [0.25, 0.3) is 0 Å². The third-order valence-corrected chi connectivity index (χ3v) is 5.09. The zero-order valence-electron chi connectivity index (χ0n) is 18.4. The van der Waals surface area contributed by atoms with Crippen molar-refractivity contribution >= 4 is 17.3 Å². The first-order valence-electron chi connectivity index (χ1n) is 11.6. The Morgan fingerprint density at radius 2 is 1.17 bits per heavy atom. The lowest BCUT2D eigenvalue weighted by Gasteiger charge is -2.05. The normalized spacial score (nSPS) is 11.1. The Kier molecular flexibility index (Phi) is 12.2. The van der Waals surface area contributed by atoms with Gasteiger partial charge in [0.05, 0.1) is 11.4 Å². The van der Waals surface area contributed by atoms with E-state index in [9.17, 15) is 4.79 Å². The Labute approximate surface area is 181 Å². The van der Waals surface area contributed by atoms with E-state index in [4.69, 9.17) is 4.74 Å². The van der Waals surface area contributed by atoms with Gasteiger partial charge in [0, 0.05) is 6.42 Å². The fraction of sp³-hybridized carbons (Fsp3) is 0.500. The zero-order chi connectivity index (χ0) is 21.3. The van der Waals surface area contributed by atoms with E-state index >= 15 is 0 Å². The quantitative estimate of drug-likeness (QED) is 0.128. The van der Waals surface area contributed by atoms with Gasteiger partial charge in [-0.25, -0.2) is 0 Å². The van der Waals surface area contributed by atoms with Gasteiger partial charge in [0.15, 0.2) is 0 Å². The Hall–Kier alpha value is -2.49. The third-order valence-electron chi connectivity index (χ3n) is 5.09. The molecule has 0 aliphatic rings. The van der Waals surface area contributed by atoms with Crippen LogP contribution in [0.5, 0.6) is 5.75 Å². The number of hydrogen-bond acceptors (Lipinski definition) is 4. The smallest absolute Gasteiger partial charge is 0.311 e. The molecule has 2 aromatic rings. The van der Waals surface area contributed by atoms with Crippen LogP contribution in [-0.2, 0) is 4.79 Å². The lowest BCUT2D eigenvalue weighted by molar-refractivity contribution is -0.134. The van der Waals surface area contributed by atoms with E-state index in [2.05, 4.69) is 17.2 Å². The molecule has 0 atom stereocenters. The summed E-state index contributed by atoms with van der Waals surface area (Å²) in [6, 6.07) is 16.7. The Balaban J connectivity index is 1.53. The molecule has 0 saturated heterocycles. The highest BCUT2D eigenvalue weighted by Gasteiger charge is 2.05. The minimum absolute atomic E-state index is 0.162. The maximum absolute atomic E-state index is 12.0. The molecule has 2 rings (SSSR count). The van der Waals surface area contributed by atoms with Crippen LogP contribution in [0.2, 0.25) is 0 Å². The van der Waals surface area contributed by atoms with E-state index in [1.165, 1.54) is 57.8 Å². The van der Waals surface area contributed by atoms with E-state index in [1.54, 1.807) is 24.3 Å². The minimum Gasteiger partial charge on any atom is -0.427 e. The van der Waals surface area contributed by atoms with E-state index in [-0.39, 0.29) is 5.97 Å². The Morgan fingerprint density at radius 1 is 0.667 bits per heavy atom. The van der Waals surface area contributed by atoms with Crippen molar-refractivity contribution in [2.45, 2.75) is 84.0 Å². The number of unbranched alkanes of at least 4 members (excludes halogenated alkanes) is 10. The highest BCUT2D eigenvalue weighted by molar-refractivity contribution is 5.72. The van der Waals surface area contributed by atoms with Crippen LogP contribution in [0.25, 0.3) is 0 Å². The molecule has 162 valence electrons. The van der Waals surface area contributed by atoms with Gasteiger partial charge in [-0.15, -0.1) is 0 Å². The lowest BCUT2D eigenvalue weighted by atomic mass is 10.1. The van der Waals surface area contributed by atoms with Gasteiger partial charge in [-0.1, -0.05) is 89.3 Å². The predicted molar refractivity (Wildman–Crippen MR) is 124 cm³/mol. The second kappa shape index (κ2) is 15.4. The number of esters is 1. The van der Waals surface area contributed by atoms with Crippen molar-refractivity contribution in [3.8, 4) is 5.75 Å². The molecule has 0 saturated carbocycles. The summed E-state index contributed by atoms with van der Waals surface area (Å²) >= 11 is 0. The summed E-state index contributed by atoms with van der Waals surface area (Å²) in [7, 11) is 0. The largest absolute Gasteiger partial charge is 0.427 e. The van der Waals surface area contributed by atoms with Crippen molar-refractivity contribution in [3.05, 3.63) is 54.6 Å². The molecule has 0 amide bonds. The molecule has 2 aromatic carbocycles. The van der Waals surface area contributed by atoms with Gasteiger partial charge in [-0.2, -0.15) is 10.2 Å². The summed E-state index contributed by atoms with van der Waals surface area (Å²) in [6.45, 7) is 2.26. The summed E-state index contributed by atoms with van der Waals surface area (Å²) in [5, 5.41) is 8.37. The predicted octanol–water partition coefficient (Wildman–Crippen LogP) is 8.71. The first kappa shape index (κ1) is 23.8. The maximum atomic E-state index is 12.0. The van der Waals surface area contributed by atoms with Crippen molar-refractivity contribution in [2.24, 2.45) is 10.2 Å². The van der Waals surface area contributed by atoms with Crippen LogP contribution in [0.15, 0.2) is 64.8 Å². The SMILES string of the molecule is CCCCCCCCCCCCCC(=O)Oc1ccc(/N=N/c2ccccc2)cc1. The molecule has 0 radical (unpaired) electrons. The number of carbonyl (C=O) groups is 1. The standard InChI is InChI=1S/C26H36N2O2/c1-2-3-4-5-6-7-8-9-10-11-15-18-26(29)30-25-21-19-24(20-22-25)28-27-23-16-13-12-14-17-23/h12-14,16-17,19-22H,2-11,15,18H2,1H3/b28-27+. The average Bonchev–Trinajstić information content (AvgIpc) is 2.78. The first-order valence-corrected chi connectivity index (χ1v) is 11.6. The van der Waals surface area contributed by atoms with Crippen LogP contribution < -0.4 is 4.74 Å². The molecule has 0 bridgehead atoms. The van der Waals surface area contributed by atoms with Gasteiger partial charge >= 0.3 is 5.97 Å². The summed E-state index contributed by atoms with van der Waals surface area (Å²) in [6.07, 6.45) is 14.5. The van der Waals surface area contributed by atoms with Gasteiger partial charge in [-0.05, 0) is 42.8 Å². The number of carbonyl (C=O) groups excluding carboxylic acids is 1. The molecular formula is C26H36N2O2. The van der Waals surface area contributed by atoms with Crippen LogP contribution in [0, 0.1) is 0 Å². The van der Waals surface area contributed by atoms with Crippen LogP contribution in [0.4, 0.5) is 11.4 Å². The fourth-order valence-electron chi connectivity index (χ4n) is 3.31. The van der Waals surface area contributed by atoms with E-state index < -0.39 is 0 Å². The number of benzene rings is 2. The van der Waals surface area contributed by atoms with Crippen LogP contribution in [0.1, 0.15) is 84.0 Å². The highest BCUT2D eigenvalue weighted by atomic mass is 16.5. The summed E-state index contributed by atoms with van der Waals surface area (Å²) in [4.78, 5) is 12.0. The van der Waals surface area contributed by atoms with Crippen LogP contribution in [-0.4, -0.2) is 5.97 Å². The molecule has 0 fully saturated rings. The summed E-state index contributed by atoms with van der Waals surface area (Å²) < 4.78 is 5.41. The van der Waals surface area contributed by atoms with E-state index in [1.807, 2.05) is 30.3 Å². The van der Waals surface area contributed by atoms with Crippen LogP contribution >= 0.6 is 0 Å². The molecule has 0 aliphatic carbocycles. The molecular weight excluding hydrogens is 372 g/mol. The number of hydrogen-bond donors (Lipinski definition) is 0. The number of ether oxygens (including phenoxy) is 1. The zero-order valence-corrected chi connectivity index (χ0v) is 18.4. The molecule has 4 heteroatoms. The van der Waals surface area contributed by atoms with Crippen molar-refractivity contribution in [2.75, 3.05) is 0 Å². The monoisotopic (exact) mass is 408 g/mol. The number of nitrogens with zero attached hydrogens (tertiary/aromatic N) is 2. The van der Waals surface area contributed by atoms with Crippen molar-refractivity contribution < 1.29 is 9.53 Å². The van der Waals surface area contributed by atoms with Crippen LogP contribution in [0.3, 0.4) is 0 Å². The third kappa shape index (κ3) is 10.9. The van der Waals surface area contributed by atoms with Gasteiger partial charge in [-0.3, -0.25) is 4.79 Å².